The molecule has 0 aromatic heterocycles. The number of unbranched alkanes of at least 4 members (excludes halogenated alkanes) is 4. The van der Waals surface area contributed by atoms with E-state index < -0.39 is 11.9 Å². The zero-order valence-electron chi connectivity index (χ0n) is 10.6. The molecule has 0 heterocycles. The maximum Gasteiger partial charge on any atom is 0.303 e. The molecule has 0 aromatic rings. The third-order valence-electron chi connectivity index (χ3n) is 2.32. The van der Waals surface area contributed by atoms with E-state index in [1.54, 1.807) is 21.6 Å². The summed E-state index contributed by atoms with van der Waals surface area (Å²) in [6, 6.07) is 0. The maximum atomic E-state index is 10.3. The van der Waals surface area contributed by atoms with Crippen LogP contribution >= 0.6 is 21.6 Å². The van der Waals surface area contributed by atoms with Gasteiger partial charge in [0, 0.05) is 24.3 Å². The molecule has 0 fully saturated rings. The predicted molar refractivity (Wildman–Crippen MR) is 77.1 cm³/mol. The van der Waals surface area contributed by atoms with Gasteiger partial charge in [0.1, 0.15) is 0 Å². The minimum atomic E-state index is -0.720. The highest BCUT2D eigenvalue weighted by molar-refractivity contribution is 8.76. The van der Waals surface area contributed by atoms with E-state index >= 15 is 0 Å². The molecule has 0 aromatic carbocycles. The normalized spacial score (nSPS) is 10.4. The number of hydrogen-bond acceptors (Lipinski definition) is 4. The largest absolute Gasteiger partial charge is 0.481 e. The van der Waals surface area contributed by atoms with Crippen LogP contribution in [0.1, 0.15) is 51.4 Å². The highest BCUT2D eigenvalue weighted by Gasteiger charge is 1.98. The van der Waals surface area contributed by atoms with E-state index in [4.69, 9.17) is 10.2 Å². The van der Waals surface area contributed by atoms with Crippen molar-refractivity contribution in [1.82, 2.24) is 0 Å². The van der Waals surface area contributed by atoms with Gasteiger partial charge in [0.25, 0.3) is 0 Å². The lowest BCUT2D eigenvalue weighted by Crippen LogP contribution is -1.94. The van der Waals surface area contributed by atoms with Crippen molar-refractivity contribution < 1.29 is 19.8 Å². The molecule has 0 amide bonds. The second-order valence-electron chi connectivity index (χ2n) is 4.05. The van der Waals surface area contributed by atoms with E-state index in [-0.39, 0.29) is 12.8 Å². The van der Waals surface area contributed by atoms with Crippen LogP contribution in [-0.4, -0.2) is 33.7 Å². The Hall–Kier alpha value is -0.360. The van der Waals surface area contributed by atoms with Gasteiger partial charge in [-0.15, -0.1) is 0 Å². The zero-order valence-corrected chi connectivity index (χ0v) is 12.2. The van der Waals surface area contributed by atoms with Crippen molar-refractivity contribution in [2.24, 2.45) is 0 Å². The Labute approximate surface area is 116 Å². The fourth-order valence-electron chi connectivity index (χ4n) is 1.37. The summed E-state index contributed by atoms with van der Waals surface area (Å²) in [4.78, 5) is 20.5. The van der Waals surface area contributed by atoms with Gasteiger partial charge >= 0.3 is 11.9 Å². The van der Waals surface area contributed by atoms with Gasteiger partial charge in [-0.05, 0) is 19.3 Å². The molecule has 6 heteroatoms. The predicted octanol–water partition coefficient (Wildman–Crippen LogP) is 3.66. The topological polar surface area (TPSA) is 74.6 Å². The van der Waals surface area contributed by atoms with Gasteiger partial charge in [0.2, 0.25) is 0 Å². The lowest BCUT2D eigenvalue weighted by molar-refractivity contribution is -0.138. The van der Waals surface area contributed by atoms with E-state index in [9.17, 15) is 9.59 Å². The number of rotatable bonds is 13. The van der Waals surface area contributed by atoms with Gasteiger partial charge in [0.05, 0.1) is 0 Å². The molecule has 0 saturated heterocycles. The molecule has 4 nitrogen and oxygen atoms in total. The first-order chi connectivity index (χ1) is 8.63. The Morgan fingerprint density at radius 3 is 1.72 bits per heavy atom. The maximum absolute atomic E-state index is 10.3. The molecular formula is C12H22O4S2. The summed E-state index contributed by atoms with van der Waals surface area (Å²) in [6.45, 7) is 0. The quantitative estimate of drug-likeness (QED) is 0.399. The van der Waals surface area contributed by atoms with Crippen molar-refractivity contribution in [3.05, 3.63) is 0 Å². The van der Waals surface area contributed by atoms with E-state index in [0.29, 0.717) is 0 Å². The Morgan fingerprint density at radius 1 is 0.667 bits per heavy atom. The van der Waals surface area contributed by atoms with Gasteiger partial charge < -0.3 is 10.2 Å². The first-order valence-electron chi connectivity index (χ1n) is 6.31. The highest BCUT2D eigenvalue weighted by atomic mass is 33.1. The van der Waals surface area contributed by atoms with Gasteiger partial charge in [-0.1, -0.05) is 40.9 Å². The summed E-state index contributed by atoms with van der Waals surface area (Å²) < 4.78 is 0. The summed E-state index contributed by atoms with van der Waals surface area (Å²) in [5, 5.41) is 16.9. The van der Waals surface area contributed by atoms with Crippen LogP contribution in [0.15, 0.2) is 0 Å². The molecular weight excluding hydrogens is 272 g/mol. The summed E-state index contributed by atoms with van der Waals surface area (Å²) >= 11 is 0. The SMILES string of the molecule is O=C(O)CCCCCCCSSCCCC(=O)O. The van der Waals surface area contributed by atoms with Crippen LogP contribution in [0.2, 0.25) is 0 Å². The second kappa shape index (κ2) is 13.1. The number of carboxylic acids is 2. The van der Waals surface area contributed by atoms with Crippen molar-refractivity contribution in [2.45, 2.75) is 51.4 Å². The van der Waals surface area contributed by atoms with E-state index in [1.807, 2.05) is 0 Å². The van der Waals surface area contributed by atoms with Crippen molar-refractivity contribution in [1.29, 1.82) is 0 Å². The molecule has 0 aliphatic rings. The van der Waals surface area contributed by atoms with Gasteiger partial charge in [0.15, 0.2) is 0 Å². The molecule has 0 spiro atoms. The Bertz CT molecular complexity index is 210. The molecule has 18 heavy (non-hydrogen) atoms. The first-order valence-corrected chi connectivity index (χ1v) is 8.79. The summed E-state index contributed by atoms with van der Waals surface area (Å²) in [7, 11) is 3.55. The van der Waals surface area contributed by atoms with Crippen LogP contribution in [0.25, 0.3) is 0 Å². The smallest absolute Gasteiger partial charge is 0.303 e. The van der Waals surface area contributed by atoms with E-state index in [1.165, 1.54) is 0 Å². The van der Waals surface area contributed by atoms with Gasteiger partial charge in [-0.25, -0.2) is 0 Å². The van der Waals surface area contributed by atoms with E-state index in [2.05, 4.69) is 0 Å². The zero-order chi connectivity index (χ0) is 13.6. The summed E-state index contributed by atoms with van der Waals surface area (Å²) in [5.41, 5.74) is 0. The standard InChI is InChI=1S/C12H22O4S2/c13-11(14)7-4-2-1-3-5-9-17-18-10-6-8-12(15)16/h1-10H2,(H,13,14)(H,15,16). The van der Waals surface area contributed by atoms with Crippen LogP contribution in [-0.2, 0) is 9.59 Å². The van der Waals surface area contributed by atoms with Crippen LogP contribution in [0.4, 0.5) is 0 Å². The molecule has 0 aliphatic carbocycles. The number of hydrogen-bond donors (Lipinski definition) is 2. The molecule has 0 saturated carbocycles. The number of aliphatic carboxylic acids is 2. The fourth-order valence-corrected chi connectivity index (χ4v) is 3.60. The van der Waals surface area contributed by atoms with Crippen molar-refractivity contribution >= 4 is 33.5 Å². The van der Waals surface area contributed by atoms with Gasteiger partial charge in [-0.2, -0.15) is 0 Å². The molecule has 0 atom stereocenters. The first kappa shape index (κ1) is 17.6. The van der Waals surface area contributed by atoms with Crippen molar-refractivity contribution in [3.8, 4) is 0 Å². The van der Waals surface area contributed by atoms with E-state index in [0.717, 1.165) is 50.0 Å². The second-order valence-corrected chi connectivity index (χ2v) is 6.75. The third-order valence-corrected chi connectivity index (χ3v) is 4.90. The van der Waals surface area contributed by atoms with Crippen LogP contribution in [0, 0.1) is 0 Å². The monoisotopic (exact) mass is 294 g/mol. The molecule has 0 rings (SSSR count). The summed E-state index contributed by atoms with van der Waals surface area (Å²) in [6.07, 6.45) is 6.49. The molecule has 0 bridgehead atoms. The molecule has 0 aliphatic heterocycles. The number of carbonyl (C=O) groups is 2. The average molecular weight is 294 g/mol. The minimum Gasteiger partial charge on any atom is -0.481 e. The molecule has 0 unspecified atom stereocenters. The number of carboxylic acid groups (broad SMARTS) is 2. The molecule has 106 valence electrons. The van der Waals surface area contributed by atoms with Crippen LogP contribution < -0.4 is 0 Å². The Balaban J connectivity index is 2.99. The Morgan fingerprint density at radius 2 is 1.11 bits per heavy atom. The van der Waals surface area contributed by atoms with Crippen molar-refractivity contribution in [3.63, 3.8) is 0 Å². The third kappa shape index (κ3) is 15.6. The lowest BCUT2D eigenvalue weighted by atomic mass is 10.1. The molecule has 2 N–H and O–H groups in total. The Kier molecular flexibility index (Phi) is 12.8. The summed E-state index contributed by atoms with van der Waals surface area (Å²) in [5.74, 6) is 0.567. The van der Waals surface area contributed by atoms with Crippen molar-refractivity contribution in [2.75, 3.05) is 11.5 Å². The van der Waals surface area contributed by atoms with Gasteiger partial charge in [-0.3, -0.25) is 9.59 Å². The highest BCUT2D eigenvalue weighted by Crippen LogP contribution is 2.24. The van der Waals surface area contributed by atoms with Crippen LogP contribution in [0.3, 0.4) is 0 Å². The minimum absolute atomic E-state index is 0.261. The average Bonchev–Trinajstić information content (AvgIpc) is 2.29. The van der Waals surface area contributed by atoms with Crippen LogP contribution in [0.5, 0.6) is 0 Å². The molecule has 0 radical (unpaired) electrons. The fraction of sp³-hybridized carbons (Fsp3) is 0.833. The lowest BCUT2D eigenvalue weighted by Gasteiger charge is -2.01.